The van der Waals surface area contributed by atoms with Gasteiger partial charge < -0.3 is 10.5 Å². The average molecular weight is 241 g/mol. The van der Waals surface area contributed by atoms with Gasteiger partial charge in [-0.25, -0.2) is 9.18 Å². The predicted octanol–water partition coefficient (Wildman–Crippen LogP) is -1.05. The normalized spacial score (nSPS) is 34.9. The smallest absolute Gasteiger partial charge is 0.329 e. The summed E-state index contributed by atoms with van der Waals surface area (Å²) >= 11 is 0. The minimum atomic E-state index is -3.75. The number of carbonyl (C=O) groups is 1. The van der Waals surface area contributed by atoms with Crippen molar-refractivity contribution in [1.82, 2.24) is 0 Å². The van der Waals surface area contributed by atoms with Crippen LogP contribution in [0.3, 0.4) is 0 Å². The number of halogens is 1. The molecule has 0 aromatic heterocycles. The van der Waals surface area contributed by atoms with Gasteiger partial charge in [-0.2, -0.15) is 8.42 Å². The molecule has 1 saturated carbocycles. The highest BCUT2D eigenvalue weighted by molar-refractivity contribution is 7.85. The van der Waals surface area contributed by atoms with Crippen LogP contribution < -0.4 is 5.73 Å². The molecule has 0 unspecified atom stereocenters. The van der Waals surface area contributed by atoms with Crippen LogP contribution in [-0.4, -0.2) is 45.6 Å². The van der Waals surface area contributed by atoms with Crippen molar-refractivity contribution in [3.8, 4) is 0 Å². The number of ether oxygens (including phenoxy) is 1. The van der Waals surface area contributed by atoms with E-state index >= 15 is 0 Å². The van der Waals surface area contributed by atoms with Crippen molar-refractivity contribution < 1.29 is 26.5 Å². The zero-order chi connectivity index (χ0) is 11.9. The number of esters is 1. The van der Waals surface area contributed by atoms with E-state index in [2.05, 4.69) is 8.92 Å². The molecule has 88 valence electrons. The van der Waals surface area contributed by atoms with E-state index in [-0.39, 0.29) is 6.42 Å². The van der Waals surface area contributed by atoms with Gasteiger partial charge in [-0.1, -0.05) is 0 Å². The van der Waals surface area contributed by atoms with Crippen LogP contribution in [0.15, 0.2) is 0 Å². The molecule has 0 amide bonds. The van der Waals surface area contributed by atoms with Crippen molar-refractivity contribution in [3.63, 3.8) is 0 Å². The summed E-state index contributed by atoms with van der Waals surface area (Å²) in [7, 11) is -2.67. The van der Waals surface area contributed by atoms with Gasteiger partial charge in [0.1, 0.15) is 6.61 Å². The molecule has 0 radical (unpaired) electrons. The van der Waals surface area contributed by atoms with Crippen molar-refractivity contribution >= 4 is 16.1 Å². The van der Waals surface area contributed by atoms with E-state index in [0.717, 1.165) is 13.4 Å². The molecule has 15 heavy (non-hydrogen) atoms. The summed E-state index contributed by atoms with van der Waals surface area (Å²) in [6.07, 6.45) is 0.483. The van der Waals surface area contributed by atoms with Gasteiger partial charge in [0.05, 0.1) is 13.4 Å². The highest BCUT2D eigenvalue weighted by atomic mass is 32.2. The number of carbonyl (C=O) groups excluding carboxylic acids is 1. The lowest BCUT2D eigenvalue weighted by Crippen LogP contribution is -2.43. The van der Waals surface area contributed by atoms with Crippen LogP contribution in [0.1, 0.15) is 6.42 Å². The van der Waals surface area contributed by atoms with Gasteiger partial charge in [-0.3, -0.25) is 4.18 Å². The number of nitrogens with two attached hydrogens (primary N) is 1. The molecule has 1 rings (SSSR count). The topological polar surface area (TPSA) is 95.7 Å². The predicted molar refractivity (Wildman–Crippen MR) is 48.2 cm³/mol. The summed E-state index contributed by atoms with van der Waals surface area (Å²) in [6, 6.07) is 0. The first kappa shape index (κ1) is 12.3. The second-order valence-corrected chi connectivity index (χ2v) is 5.22. The molecule has 0 heterocycles. The fourth-order valence-corrected chi connectivity index (χ4v) is 1.62. The average Bonchev–Trinajstić information content (AvgIpc) is 2.66. The Morgan fingerprint density at radius 2 is 2.13 bits per heavy atom. The minimum absolute atomic E-state index is 0.303. The SMILES string of the molecule is COC(=O)[C@@]1(N)C[C@@]1(F)COS(C)(=O)=O. The van der Waals surface area contributed by atoms with Gasteiger partial charge in [-0.15, -0.1) is 0 Å². The summed E-state index contributed by atoms with van der Waals surface area (Å²) in [5, 5.41) is 0. The van der Waals surface area contributed by atoms with Gasteiger partial charge in [0.25, 0.3) is 10.1 Å². The highest BCUT2D eigenvalue weighted by Gasteiger charge is 2.73. The van der Waals surface area contributed by atoms with Crippen LogP contribution in [0.4, 0.5) is 4.39 Å². The molecule has 6 nitrogen and oxygen atoms in total. The van der Waals surface area contributed by atoms with E-state index in [4.69, 9.17) is 5.73 Å². The standard InChI is InChI=1S/C7H12FNO5S/c1-13-5(10)7(9)3-6(7,8)4-14-15(2,11)12/h3-4,9H2,1-2H3/t6-,7+/m1/s1. The molecular weight excluding hydrogens is 229 g/mol. The number of methoxy groups -OCH3 is 1. The quantitative estimate of drug-likeness (QED) is 0.498. The second-order valence-electron chi connectivity index (χ2n) is 3.57. The van der Waals surface area contributed by atoms with E-state index in [1.165, 1.54) is 0 Å². The van der Waals surface area contributed by atoms with Gasteiger partial charge in [0.2, 0.25) is 0 Å². The molecule has 0 saturated heterocycles. The Hall–Kier alpha value is -0.730. The Balaban J connectivity index is 2.63. The van der Waals surface area contributed by atoms with Crippen molar-refractivity contribution in [3.05, 3.63) is 0 Å². The summed E-state index contributed by atoms with van der Waals surface area (Å²) in [4.78, 5) is 11.0. The van der Waals surface area contributed by atoms with Gasteiger partial charge in [0.15, 0.2) is 11.2 Å². The molecule has 8 heteroatoms. The Bertz CT molecular complexity index is 383. The van der Waals surface area contributed by atoms with Crippen LogP contribution in [0.5, 0.6) is 0 Å². The van der Waals surface area contributed by atoms with Crippen molar-refractivity contribution in [2.45, 2.75) is 17.6 Å². The summed E-state index contributed by atoms with van der Waals surface area (Å²) in [5.74, 6) is -0.915. The zero-order valence-corrected chi connectivity index (χ0v) is 9.14. The van der Waals surface area contributed by atoms with Crippen LogP contribution in [0.25, 0.3) is 0 Å². The first-order valence-corrected chi connectivity index (χ1v) is 5.87. The van der Waals surface area contributed by atoms with Crippen molar-refractivity contribution in [1.29, 1.82) is 0 Å². The van der Waals surface area contributed by atoms with Crippen LogP contribution in [0, 0.1) is 0 Å². The van der Waals surface area contributed by atoms with Gasteiger partial charge in [-0.05, 0) is 0 Å². The zero-order valence-electron chi connectivity index (χ0n) is 8.32. The lowest BCUT2D eigenvalue weighted by Gasteiger charge is -2.12. The highest BCUT2D eigenvalue weighted by Crippen LogP contribution is 2.50. The van der Waals surface area contributed by atoms with Crippen molar-refractivity contribution in [2.24, 2.45) is 5.73 Å². The number of hydrogen-bond donors (Lipinski definition) is 1. The van der Waals surface area contributed by atoms with Crippen LogP contribution >= 0.6 is 0 Å². The third kappa shape index (κ3) is 2.27. The summed E-state index contributed by atoms with van der Waals surface area (Å²) < 4.78 is 43.5. The minimum Gasteiger partial charge on any atom is -0.468 e. The first-order chi connectivity index (χ1) is 6.65. The lowest BCUT2D eigenvalue weighted by molar-refractivity contribution is -0.144. The largest absolute Gasteiger partial charge is 0.468 e. The third-order valence-electron chi connectivity index (χ3n) is 2.28. The molecule has 1 aliphatic rings. The van der Waals surface area contributed by atoms with Crippen LogP contribution in [-0.2, 0) is 23.8 Å². The van der Waals surface area contributed by atoms with Crippen molar-refractivity contribution in [2.75, 3.05) is 20.0 Å². The summed E-state index contributed by atoms with van der Waals surface area (Å²) in [6.45, 7) is -0.766. The van der Waals surface area contributed by atoms with E-state index < -0.39 is 33.9 Å². The van der Waals surface area contributed by atoms with E-state index in [1.807, 2.05) is 0 Å². The lowest BCUT2D eigenvalue weighted by atomic mass is 10.2. The monoisotopic (exact) mass is 241 g/mol. The van der Waals surface area contributed by atoms with Crippen LogP contribution in [0.2, 0.25) is 0 Å². The molecule has 0 aromatic carbocycles. The molecule has 2 atom stereocenters. The Morgan fingerprint density at radius 3 is 2.53 bits per heavy atom. The van der Waals surface area contributed by atoms with E-state index in [0.29, 0.717) is 0 Å². The maximum absolute atomic E-state index is 13.7. The van der Waals surface area contributed by atoms with Gasteiger partial charge in [0, 0.05) is 6.42 Å². The number of rotatable bonds is 4. The van der Waals surface area contributed by atoms with E-state index in [1.54, 1.807) is 0 Å². The molecule has 2 N–H and O–H groups in total. The molecule has 0 aliphatic heterocycles. The van der Waals surface area contributed by atoms with E-state index in [9.17, 15) is 17.6 Å². The Labute approximate surface area is 86.7 Å². The maximum Gasteiger partial charge on any atom is 0.329 e. The number of hydrogen-bond acceptors (Lipinski definition) is 6. The Kier molecular flexibility index (Phi) is 2.79. The molecular formula is C7H12FNO5S. The maximum atomic E-state index is 13.7. The molecule has 0 spiro atoms. The number of alkyl halides is 1. The fourth-order valence-electron chi connectivity index (χ4n) is 1.22. The molecule has 1 fully saturated rings. The summed E-state index contributed by atoms with van der Waals surface area (Å²) in [5.41, 5.74) is 1.44. The first-order valence-electron chi connectivity index (χ1n) is 4.05. The van der Waals surface area contributed by atoms with Gasteiger partial charge >= 0.3 is 5.97 Å². The molecule has 0 aromatic rings. The Morgan fingerprint density at radius 1 is 1.60 bits per heavy atom. The molecule has 0 bridgehead atoms. The third-order valence-corrected chi connectivity index (χ3v) is 2.83. The molecule has 1 aliphatic carbocycles. The fraction of sp³-hybridized carbons (Fsp3) is 0.857. The second kappa shape index (κ2) is 3.39.